The number of nitro benzene ring substituents is 1. The highest BCUT2D eigenvalue weighted by atomic mass is 16.6. The number of aldehydes is 1. The second kappa shape index (κ2) is 4.68. The lowest BCUT2D eigenvalue weighted by molar-refractivity contribution is -0.385. The first-order valence-corrected chi connectivity index (χ1v) is 4.82. The highest BCUT2D eigenvalue weighted by Gasteiger charge is 2.15. The number of carbonyl (C=O) groups is 1. The van der Waals surface area contributed by atoms with E-state index < -0.39 is 4.92 Å². The molecule has 0 amide bonds. The van der Waals surface area contributed by atoms with Gasteiger partial charge in [-0.3, -0.25) is 10.1 Å². The Bertz CT molecular complexity index is 387. The maximum atomic E-state index is 10.8. The molecule has 0 saturated carbocycles. The van der Waals surface area contributed by atoms with Crippen LogP contribution in [0.3, 0.4) is 0 Å². The summed E-state index contributed by atoms with van der Waals surface area (Å²) in [5, 5.41) is 10.8. The van der Waals surface area contributed by atoms with Crippen LogP contribution in [0, 0.1) is 10.1 Å². The Kier molecular flexibility index (Phi) is 3.55. The molecule has 0 heterocycles. The van der Waals surface area contributed by atoms with E-state index in [0.717, 1.165) is 6.29 Å². The molecule has 1 aromatic rings. The topological polar surface area (TPSA) is 60.2 Å². The van der Waals surface area contributed by atoms with Gasteiger partial charge < -0.3 is 4.79 Å². The zero-order chi connectivity index (χ0) is 11.4. The van der Waals surface area contributed by atoms with Crippen molar-refractivity contribution in [2.24, 2.45) is 0 Å². The smallest absolute Gasteiger partial charge is 0.272 e. The van der Waals surface area contributed by atoms with Crippen molar-refractivity contribution >= 4 is 12.0 Å². The Labute approximate surface area is 88.1 Å². The molecule has 80 valence electrons. The normalized spacial score (nSPS) is 12.1. The van der Waals surface area contributed by atoms with Crippen LogP contribution in [-0.2, 0) is 11.2 Å². The monoisotopic (exact) mass is 207 g/mol. The third-order valence-electron chi connectivity index (χ3n) is 2.42. The van der Waals surface area contributed by atoms with Gasteiger partial charge in [0.25, 0.3) is 5.69 Å². The van der Waals surface area contributed by atoms with Crippen LogP contribution in [0.1, 0.15) is 30.9 Å². The summed E-state index contributed by atoms with van der Waals surface area (Å²) in [6.07, 6.45) is 1.40. The van der Waals surface area contributed by atoms with Crippen LogP contribution in [0.2, 0.25) is 0 Å². The zero-order valence-corrected chi connectivity index (χ0v) is 8.77. The van der Waals surface area contributed by atoms with Crippen LogP contribution in [0.15, 0.2) is 18.2 Å². The molecular weight excluding hydrogens is 194 g/mol. The Morgan fingerprint density at radius 3 is 2.67 bits per heavy atom. The second-order valence-corrected chi connectivity index (χ2v) is 3.42. The summed E-state index contributed by atoms with van der Waals surface area (Å²) in [4.78, 5) is 20.9. The lowest BCUT2D eigenvalue weighted by Crippen LogP contribution is -1.99. The van der Waals surface area contributed by atoms with E-state index in [1.807, 2.05) is 6.92 Å². The second-order valence-electron chi connectivity index (χ2n) is 3.42. The molecule has 0 N–H and O–H groups in total. The van der Waals surface area contributed by atoms with E-state index in [1.165, 1.54) is 6.07 Å². The van der Waals surface area contributed by atoms with Crippen molar-refractivity contribution in [3.8, 4) is 0 Å². The molecule has 0 fully saturated rings. The molecule has 0 aliphatic carbocycles. The van der Waals surface area contributed by atoms with E-state index in [2.05, 4.69) is 0 Å². The summed E-state index contributed by atoms with van der Waals surface area (Å²) >= 11 is 0. The van der Waals surface area contributed by atoms with Gasteiger partial charge in [0.2, 0.25) is 0 Å². The van der Waals surface area contributed by atoms with Gasteiger partial charge in [-0.2, -0.15) is 0 Å². The summed E-state index contributed by atoms with van der Waals surface area (Å²) in [5.74, 6) is -0.297. The van der Waals surface area contributed by atoms with Crippen LogP contribution in [0.4, 0.5) is 5.69 Å². The third kappa shape index (κ3) is 2.40. The van der Waals surface area contributed by atoms with E-state index in [1.54, 1.807) is 19.1 Å². The molecule has 0 aliphatic rings. The molecular formula is C11H13NO3. The van der Waals surface area contributed by atoms with Crippen molar-refractivity contribution in [1.29, 1.82) is 0 Å². The van der Waals surface area contributed by atoms with Crippen molar-refractivity contribution in [2.45, 2.75) is 26.2 Å². The average Bonchev–Trinajstić information content (AvgIpc) is 2.27. The lowest BCUT2D eigenvalue weighted by Gasteiger charge is -2.06. The van der Waals surface area contributed by atoms with Crippen LogP contribution < -0.4 is 0 Å². The van der Waals surface area contributed by atoms with Gasteiger partial charge in [-0.05, 0) is 12.0 Å². The number of carbonyl (C=O) groups excluding carboxylic acids is 1. The molecule has 4 heteroatoms. The quantitative estimate of drug-likeness (QED) is 0.433. The minimum Gasteiger partial charge on any atom is -0.303 e. The molecule has 0 spiro atoms. The van der Waals surface area contributed by atoms with Crippen LogP contribution in [0.25, 0.3) is 0 Å². The average molecular weight is 207 g/mol. The molecule has 0 bridgehead atoms. The van der Waals surface area contributed by atoms with Crippen molar-refractivity contribution in [1.82, 2.24) is 0 Å². The fourth-order valence-electron chi connectivity index (χ4n) is 1.41. The standard InChI is InChI=1S/C11H13NO3/c1-3-9-4-5-10(8(2)7-13)6-11(9)12(14)15/h4-8H,3H2,1-2H3. The van der Waals surface area contributed by atoms with E-state index in [4.69, 9.17) is 0 Å². The summed E-state index contributed by atoms with van der Waals surface area (Å²) in [5.41, 5.74) is 1.49. The highest BCUT2D eigenvalue weighted by molar-refractivity contribution is 5.62. The first-order valence-electron chi connectivity index (χ1n) is 4.82. The van der Waals surface area contributed by atoms with Crippen molar-refractivity contribution in [2.75, 3.05) is 0 Å². The van der Waals surface area contributed by atoms with Gasteiger partial charge in [-0.15, -0.1) is 0 Å². The molecule has 4 nitrogen and oxygen atoms in total. The number of hydrogen-bond donors (Lipinski definition) is 0. The van der Waals surface area contributed by atoms with Gasteiger partial charge in [-0.25, -0.2) is 0 Å². The van der Waals surface area contributed by atoms with Gasteiger partial charge in [0.15, 0.2) is 0 Å². The summed E-state index contributed by atoms with van der Waals surface area (Å²) in [6, 6.07) is 4.97. The molecule has 0 saturated heterocycles. The van der Waals surface area contributed by atoms with E-state index >= 15 is 0 Å². The fraction of sp³-hybridized carbons (Fsp3) is 0.364. The largest absolute Gasteiger partial charge is 0.303 e. The fourth-order valence-corrected chi connectivity index (χ4v) is 1.41. The lowest BCUT2D eigenvalue weighted by atomic mass is 9.99. The number of hydrogen-bond acceptors (Lipinski definition) is 3. The number of benzene rings is 1. The van der Waals surface area contributed by atoms with Gasteiger partial charge in [0, 0.05) is 17.5 Å². The number of nitrogens with zero attached hydrogens (tertiary/aromatic N) is 1. The maximum Gasteiger partial charge on any atom is 0.272 e. The minimum absolute atomic E-state index is 0.101. The van der Waals surface area contributed by atoms with Crippen LogP contribution >= 0.6 is 0 Å². The molecule has 1 rings (SSSR count). The maximum absolute atomic E-state index is 10.8. The minimum atomic E-state index is -0.403. The Morgan fingerprint density at radius 2 is 2.20 bits per heavy atom. The highest BCUT2D eigenvalue weighted by Crippen LogP contribution is 2.24. The summed E-state index contributed by atoms with van der Waals surface area (Å²) < 4.78 is 0. The SMILES string of the molecule is CCc1ccc(C(C)C=O)cc1[N+](=O)[O-]. The number of nitro groups is 1. The van der Waals surface area contributed by atoms with Gasteiger partial charge in [0.05, 0.1) is 4.92 Å². The van der Waals surface area contributed by atoms with Crippen LogP contribution in [-0.4, -0.2) is 11.2 Å². The molecule has 0 radical (unpaired) electrons. The van der Waals surface area contributed by atoms with E-state index in [9.17, 15) is 14.9 Å². The Morgan fingerprint density at radius 1 is 1.53 bits per heavy atom. The predicted octanol–water partition coefficient (Wildman–Crippen LogP) is 2.46. The molecule has 1 unspecified atom stereocenters. The van der Waals surface area contributed by atoms with Crippen LogP contribution in [0.5, 0.6) is 0 Å². The van der Waals surface area contributed by atoms with Gasteiger partial charge in [-0.1, -0.05) is 26.0 Å². The van der Waals surface area contributed by atoms with Gasteiger partial charge >= 0.3 is 0 Å². The summed E-state index contributed by atoms with van der Waals surface area (Å²) in [6.45, 7) is 3.59. The zero-order valence-electron chi connectivity index (χ0n) is 8.77. The molecule has 0 aliphatic heterocycles. The first kappa shape index (κ1) is 11.4. The Hall–Kier alpha value is -1.71. The first-order chi connectivity index (χ1) is 7.10. The summed E-state index contributed by atoms with van der Waals surface area (Å²) in [7, 11) is 0. The molecule has 0 aromatic heterocycles. The van der Waals surface area contributed by atoms with E-state index in [0.29, 0.717) is 17.5 Å². The molecule has 1 atom stereocenters. The third-order valence-corrected chi connectivity index (χ3v) is 2.42. The van der Waals surface area contributed by atoms with Gasteiger partial charge in [0.1, 0.15) is 6.29 Å². The number of aryl methyl sites for hydroxylation is 1. The van der Waals surface area contributed by atoms with Crippen molar-refractivity contribution in [3.05, 3.63) is 39.4 Å². The van der Waals surface area contributed by atoms with Crippen molar-refractivity contribution in [3.63, 3.8) is 0 Å². The number of rotatable bonds is 4. The Balaban J connectivity index is 3.21. The van der Waals surface area contributed by atoms with E-state index in [-0.39, 0.29) is 11.6 Å². The predicted molar refractivity (Wildman–Crippen MR) is 57.0 cm³/mol. The molecule has 15 heavy (non-hydrogen) atoms. The molecule has 1 aromatic carbocycles. The van der Waals surface area contributed by atoms with Crippen molar-refractivity contribution < 1.29 is 9.72 Å².